The van der Waals surface area contributed by atoms with E-state index in [2.05, 4.69) is 43.1 Å². The first-order chi connectivity index (χ1) is 6.24. The second-order valence-electron chi connectivity index (χ2n) is 3.55. The largest absolute Gasteiger partial charge is 0.316 e. The number of hydrogen-bond acceptors (Lipinski definition) is 1. The van der Waals surface area contributed by atoms with Crippen molar-refractivity contribution in [2.75, 3.05) is 13.6 Å². The van der Waals surface area contributed by atoms with Gasteiger partial charge >= 0.3 is 0 Å². The molecule has 1 heteroatoms. The average Bonchev–Trinajstić information content (AvgIpc) is 2.30. The molecule has 0 saturated carbocycles. The molecule has 0 radical (unpaired) electrons. The second-order valence-corrected chi connectivity index (χ2v) is 3.55. The van der Waals surface area contributed by atoms with E-state index in [1.54, 1.807) is 0 Å². The van der Waals surface area contributed by atoms with Crippen molar-refractivity contribution in [3.8, 4) is 0 Å². The Hall–Kier alpha value is -1.04. The summed E-state index contributed by atoms with van der Waals surface area (Å²) in [5.41, 5.74) is 5.80. The summed E-state index contributed by atoms with van der Waals surface area (Å²) in [6, 6.07) is 0. The van der Waals surface area contributed by atoms with E-state index in [0.29, 0.717) is 5.92 Å². The lowest BCUT2D eigenvalue weighted by Crippen LogP contribution is -2.08. The smallest absolute Gasteiger partial charge is 0.0208 e. The standard InChI is InChI=1S/C12H17N/c1-10(2)12-6-4-5-11(7-8-12)9-13-3/h5-8,10,13H,9H2,1-3H3. The average molecular weight is 175 g/mol. The summed E-state index contributed by atoms with van der Waals surface area (Å²) in [5.74, 6) is 0.575. The Kier molecular flexibility index (Phi) is 3.75. The lowest BCUT2D eigenvalue weighted by Gasteiger charge is -2.02. The van der Waals surface area contributed by atoms with Gasteiger partial charge in [-0.3, -0.25) is 0 Å². The van der Waals surface area contributed by atoms with Crippen LogP contribution in [0.15, 0.2) is 41.2 Å². The molecule has 0 heterocycles. The maximum atomic E-state index is 3.19. The van der Waals surface area contributed by atoms with Gasteiger partial charge in [0.25, 0.3) is 0 Å². The van der Waals surface area contributed by atoms with Crippen LogP contribution < -0.4 is 5.32 Å². The summed E-state index contributed by atoms with van der Waals surface area (Å²) >= 11 is 0. The molecule has 0 aliphatic heterocycles. The van der Waals surface area contributed by atoms with Crippen LogP contribution in [0.3, 0.4) is 0 Å². The SMILES string of the molecule is CNCC1=CC=C(C(C)C)C=C=C1. The molecule has 0 aromatic rings. The van der Waals surface area contributed by atoms with Gasteiger partial charge in [0.1, 0.15) is 0 Å². The molecular weight excluding hydrogens is 158 g/mol. The molecule has 1 N–H and O–H groups in total. The fourth-order valence-corrected chi connectivity index (χ4v) is 1.22. The summed E-state index contributed by atoms with van der Waals surface area (Å²) < 4.78 is 0. The first-order valence-electron chi connectivity index (χ1n) is 4.72. The van der Waals surface area contributed by atoms with Crippen LogP contribution in [0, 0.1) is 5.92 Å². The molecule has 0 unspecified atom stereocenters. The van der Waals surface area contributed by atoms with E-state index in [4.69, 9.17) is 0 Å². The van der Waals surface area contributed by atoms with Crippen LogP contribution in [0.25, 0.3) is 0 Å². The Morgan fingerprint density at radius 2 is 2.08 bits per heavy atom. The van der Waals surface area contributed by atoms with Gasteiger partial charge < -0.3 is 5.32 Å². The van der Waals surface area contributed by atoms with Crippen LogP contribution in [0.2, 0.25) is 0 Å². The minimum atomic E-state index is 0.575. The molecule has 0 atom stereocenters. The maximum Gasteiger partial charge on any atom is 0.0208 e. The number of rotatable bonds is 3. The molecule has 1 rings (SSSR count). The van der Waals surface area contributed by atoms with Crippen LogP contribution in [0.5, 0.6) is 0 Å². The highest BCUT2D eigenvalue weighted by Gasteiger charge is 1.99. The van der Waals surface area contributed by atoms with Crippen molar-refractivity contribution in [3.05, 3.63) is 41.2 Å². The Balaban J connectivity index is 2.81. The van der Waals surface area contributed by atoms with Crippen molar-refractivity contribution >= 4 is 0 Å². The fraction of sp³-hybridized carbons (Fsp3) is 0.417. The van der Waals surface area contributed by atoms with Gasteiger partial charge in [0, 0.05) is 6.54 Å². The first kappa shape index (κ1) is 10.0. The van der Waals surface area contributed by atoms with Crippen molar-refractivity contribution in [2.45, 2.75) is 13.8 Å². The lowest BCUT2D eigenvalue weighted by atomic mass is 10.0. The Morgan fingerprint density at radius 3 is 2.69 bits per heavy atom. The molecule has 0 fully saturated rings. The zero-order chi connectivity index (χ0) is 9.68. The lowest BCUT2D eigenvalue weighted by molar-refractivity contribution is 0.792. The molecule has 1 aliphatic rings. The van der Waals surface area contributed by atoms with E-state index in [1.807, 2.05) is 13.1 Å². The molecule has 0 spiro atoms. The molecule has 0 aromatic heterocycles. The van der Waals surface area contributed by atoms with Gasteiger partial charge in [-0.25, -0.2) is 0 Å². The molecule has 70 valence electrons. The number of allylic oxidation sites excluding steroid dienone is 3. The number of hydrogen-bond donors (Lipinski definition) is 1. The molecular formula is C12H17N. The van der Waals surface area contributed by atoms with Crippen molar-refractivity contribution in [3.63, 3.8) is 0 Å². The fourth-order valence-electron chi connectivity index (χ4n) is 1.22. The second kappa shape index (κ2) is 4.86. The Labute approximate surface area is 80.5 Å². The summed E-state index contributed by atoms with van der Waals surface area (Å²) in [5, 5.41) is 3.13. The van der Waals surface area contributed by atoms with Gasteiger partial charge in [-0.1, -0.05) is 26.0 Å². The van der Waals surface area contributed by atoms with E-state index in [1.165, 1.54) is 11.1 Å². The third-order valence-electron chi connectivity index (χ3n) is 2.06. The van der Waals surface area contributed by atoms with Crippen molar-refractivity contribution in [1.29, 1.82) is 0 Å². The maximum absolute atomic E-state index is 3.19. The summed E-state index contributed by atoms with van der Waals surface area (Å²) in [7, 11) is 1.95. The molecule has 1 aliphatic carbocycles. The molecule has 0 saturated heterocycles. The van der Waals surface area contributed by atoms with Gasteiger partial charge in [0.15, 0.2) is 0 Å². The summed E-state index contributed by atoms with van der Waals surface area (Å²) in [6.45, 7) is 5.30. The minimum Gasteiger partial charge on any atom is -0.316 e. The van der Waals surface area contributed by atoms with Gasteiger partial charge in [-0.15, -0.1) is 5.73 Å². The van der Waals surface area contributed by atoms with E-state index in [9.17, 15) is 0 Å². The van der Waals surface area contributed by atoms with E-state index in [0.717, 1.165) is 6.54 Å². The predicted octanol–water partition coefficient (Wildman–Crippen LogP) is 2.44. The van der Waals surface area contributed by atoms with Crippen molar-refractivity contribution in [2.24, 2.45) is 5.92 Å². The van der Waals surface area contributed by atoms with Gasteiger partial charge in [0.2, 0.25) is 0 Å². The summed E-state index contributed by atoms with van der Waals surface area (Å²) in [6.07, 6.45) is 8.42. The van der Waals surface area contributed by atoms with Gasteiger partial charge in [-0.05, 0) is 36.3 Å². The number of likely N-dealkylation sites (N-methyl/N-ethyl adjacent to an activating group) is 1. The van der Waals surface area contributed by atoms with Gasteiger partial charge in [0.05, 0.1) is 0 Å². The third kappa shape index (κ3) is 3.06. The monoisotopic (exact) mass is 175 g/mol. The van der Waals surface area contributed by atoms with Gasteiger partial charge in [-0.2, -0.15) is 0 Å². The van der Waals surface area contributed by atoms with Crippen molar-refractivity contribution < 1.29 is 0 Å². The summed E-state index contributed by atoms with van der Waals surface area (Å²) in [4.78, 5) is 0. The highest BCUT2D eigenvalue weighted by atomic mass is 14.8. The minimum absolute atomic E-state index is 0.575. The molecule has 1 nitrogen and oxygen atoms in total. The zero-order valence-corrected chi connectivity index (χ0v) is 8.59. The first-order valence-corrected chi connectivity index (χ1v) is 4.72. The predicted molar refractivity (Wildman–Crippen MR) is 57.6 cm³/mol. The van der Waals surface area contributed by atoms with Crippen LogP contribution >= 0.6 is 0 Å². The van der Waals surface area contributed by atoms with Crippen LogP contribution in [0.1, 0.15) is 13.8 Å². The quantitative estimate of drug-likeness (QED) is 0.650. The Morgan fingerprint density at radius 1 is 1.31 bits per heavy atom. The van der Waals surface area contributed by atoms with Crippen LogP contribution in [-0.4, -0.2) is 13.6 Å². The highest BCUT2D eigenvalue weighted by molar-refractivity contribution is 5.35. The Bertz CT molecular complexity index is 286. The zero-order valence-electron chi connectivity index (χ0n) is 8.59. The number of nitrogens with one attached hydrogen (secondary N) is 1. The molecule has 0 aromatic carbocycles. The van der Waals surface area contributed by atoms with E-state index >= 15 is 0 Å². The van der Waals surface area contributed by atoms with Crippen LogP contribution in [0.4, 0.5) is 0 Å². The molecule has 0 bridgehead atoms. The molecule has 0 amide bonds. The van der Waals surface area contributed by atoms with E-state index < -0.39 is 0 Å². The molecule has 13 heavy (non-hydrogen) atoms. The van der Waals surface area contributed by atoms with Crippen molar-refractivity contribution in [1.82, 2.24) is 5.32 Å². The highest BCUT2D eigenvalue weighted by Crippen LogP contribution is 2.13. The normalized spacial score (nSPS) is 15.7. The van der Waals surface area contributed by atoms with Crippen LogP contribution in [-0.2, 0) is 0 Å². The van der Waals surface area contributed by atoms with E-state index in [-0.39, 0.29) is 0 Å². The third-order valence-corrected chi connectivity index (χ3v) is 2.06. The topological polar surface area (TPSA) is 12.0 Å².